The van der Waals surface area contributed by atoms with Gasteiger partial charge in [0.25, 0.3) is 0 Å². The number of nitrogens with zero attached hydrogens (tertiary/aromatic N) is 1. The maximum absolute atomic E-state index is 11.3. The summed E-state index contributed by atoms with van der Waals surface area (Å²) in [5.41, 5.74) is 5.34. The van der Waals surface area contributed by atoms with Crippen molar-refractivity contribution in [3.63, 3.8) is 0 Å². The van der Waals surface area contributed by atoms with Gasteiger partial charge in [0.2, 0.25) is 11.8 Å². The van der Waals surface area contributed by atoms with Gasteiger partial charge in [-0.05, 0) is 6.92 Å². The molecule has 0 radical (unpaired) electrons. The zero-order valence-corrected chi connectivity index (χ0v) is 10.4. The molecule has 0 bridgehead atoms. The molecule has 7 nitrogen and oxygen atoms in total. The fraction of sp³-hybridized carbons (Fsp3) is 0.700. The smallest absolute Gasteiger partial charge is 0.332 e. The lowest BCUT2D eigenvalue weighted by Gasteiger charge is -2.12. The molecule has 98 valence electrons. The van der Waals surface area contributed by atoms with E-state index in [0.29, 0.717) is 0 Å². The molecule has 0 saturated carbocycles. The Morgan fingerprint density at radius 3 is 2.41 bits per heavy atom. The monoisotopic (exact) mass is 245 g/mol. The van der Waals surface area contributed by atoms with Gasteiger partial charge in [-0.1, -0.05) is 0 Å². The van der Waals surface area contributed by atoms with E-state index in [9.17, 15) is 14.4 Å². The number of carbonyl (C=O) groups is 3. The van der Waals surface area contributed by atoms with Crippen molar-refractivity contribution in [2.24, 2.45) is 5.73 Å². The van der Waals surface area contributed by atoms with Crippen LogP contribution in [0.4, 0.5) is 0 Å². The molecule has 0 aromatic rings. The van der Waals surface area contributed by atoms with Gasteiger partial charge in [-0.2, -0.15) is 0 Å². The maximum Gasteiger partial charge on any atom is 0.332 e. The summed E-state index contributed by atoms with van der Waals surface area (Å²) < 4.78 is 4.59. The Hall–Kier alpha value is -1.63. The van der Waals surface area contributed by atoms with Crippen LogP contribution in [0.5, 0.6) is 0 Å². The van der Waals surface area contributed by atoms with Crippen LogP contribution in [0.3, 0.4) is 0 Å². The minimum atomic E-state index is -1.34. The first-order valence-electron chi connectivity index (χ1n) is 5.30. The first-order chi connectivity index (χ1) is 7.90. The van der Waals surface area contributed by atoms with Gasteiger partial charge in [-0.25, -0.2) is 4.79 Å². The van der Waals surface area contributed by atoms with Crippen LogP contribution in [0.15, 0.2) is 0 Å². The van der Waals surface area contributed by atoms with Crippen molar-refractivity contribution in [2.45, 2.75) is 19.4 Å². The number of hydrogen-bond donors (Lipinski definition) is 2. The predicted octanol–water partition coefficient (Wildman–Crippen LogP) is -1.53. The molecule has 0 aliphatic heterocycles. The van der Waals surface area contributed by atoms with E-state index in [1.165, 1.54) is 4.90 Å². The highest BCUT2D eigenvalue weighted by Gasteiger charge is 2.22. The second-order valence-corrected chi connectivity index (χ2v) is 3.56. The summed E-state index contributed by atoms with van der Waals surface area (Å²) in [5, 5.41) is 2.40. The highest BCUT2D eigenvalue weighted by Crippen LogP contribution is 1.88. The topological polar surface area (TPSA) is 102 Å². The third-order valence-corrected chi connectivity index (χ3v) is 1.96. The molecule has 0 aliphatic rings. The Kier molecular flexibility index (Phi) is 6.88. The van der Waals surface area contributed by atoms with Crippen LogP contribution in [0.2, 0.25) is 0 Å². The van der Waals surface area contributed by atoms with Crippen molar-refractivity contribution in [1.82, 2.24) is 10.2 Å². The highest BCUT2D eigenvalue weighted by atomic mass is 16.5. The van der Waals surface area contributed by atoms with Crippen molar-refractivity contribution in [2.75, 3.05) is 27.2 Å². The standard InChI is InChI=1S/C10H19N3O4/c1-4-17-10(16)8(11)9(15)12-6-5-7(14)13(2)3/h8H,4-6,11H2,1-3H3,(H,12,15). The molecule has 0 saturated heterocycles. The first-order valence-corrected chi connectivity index (χ1v) is 5.30. The lowest BCUT2D eigenvalue weighted by molar-refractivity contribution is -0.147. The average Bonchev–Trinajstić information content (AvgIpc) is 2.27. The van der Waals surface area contributed by atoms with Gasteiger partial charge < -0.3 is 20.7 Å². The summed E-state index contributed by atoms with van der Waals surface area (Å²) >= 11 is 0. The Balaban J connectivity index is 3.94. The summed E-state index contributed by atoms with van der Waals surface area (Å²) in [4.78, 5) is 35.1. The van der Waals surface area contributed by atoms with E-state index in [1.54, 1.807) is 21.0 Å². The zero-order chi connectivity index (χ0) is 13.4. The number of hydrogen-bond acceptors (Lipinski definition) is 5. The molecule has 3 N–H and O–H groups in total. The third kappa shape index (κ3) is 5.86. The quantitative estimate of drug-likeness (QED) is 0.437. The van der Waals surface area contributed by atoms with Crippen molar-refractivity contribution in [3.8, 4) is 0 Å². The number of nitrogens with two attached hydrogens (primary N) is 1. The molecule has 1 atom stereocenters. The highest BCUT2D eigenvalue weighted by molar-refractivity contribution is 6.01. The second-order valence-electron chi connectivity index (χ2n) is 3.56. The summed E-state index contributed by atoms with van der Waals surface area (Å²) in [6.45, 7) is 1.93. The minimum absolute atomic E-state index is 0.116. The fourth-order valence-electron chi connectivity index (χ4n) is 0.965. The van der Waals surface area contributed by atoms with Gasteiger partial charge in [0.15, 0.2) is 6.04 Å². The van der Waals surface area contributed by atoms with E-state index in [2.05, 4.69) is 10.1 Å². The molecule has 0 rings (SSSR count). The molecule has 7 heteroatoms. The lowest BCUT2D eigenvalue weighted by atomic mass is 10.3. The molecule has 0 heterocycles. The SMILES string of the molecule is CCOC(=O)C(N)C(=O)NCCC(=O)N(C)C. The molecule has 17 heavy (non-hydrogen) atoms. The molecular formula is C10H19N3O4. The maximum atomic E-state index is 11.3. The van der Waals surface area contributed by atoms with Gasteiger partial charge >= 0.3 is 5.97 Å². The normalized spacial score (nSPS) is 11.5. The molecule has 2 amide bonds. The van der Waals surface area contributed by atoms with Gasteiger partial charge in [0, 0.05) is 27.1 Å². The van der Waals surface area contributed by atoms with Gasteiger partial charge in [0.1, 0.15) is 0 Å². The van der Waals surface area contributed by atoms with E-state index in [0.717, 1.165) is 0 Å². The summed E-state index contributed by atoms with van der Waals surface area (Å²) in [5.74, 6) is -1.53. The van der Waals surface area contributed by atoms with Crippen LogP contribution >= 0.6 is 0 Å². The second kappa shape index (κ2) is 7.61. The first kappa shape index (κ1) is 15.4. The van der Waals surface area contributed by atoms with Crippen LogP contribution in [-0.2, 0) is 19.1 Å². The number of rotatable bonds is 6. The average molecular weight is 245 g/mol. The zero-order valence-electron chi connectivity index (χ0n) is 10.4. The molecule has 1 unspecified atom stereocenters. The molecule has 0 aromatic carbocycles. The largest absolute Gasteiger partial charge is 0.464 e. The van der Waals surface area contributed by atoms with E-state index >= 15 is 0 Å². The third-order valence-electron chi connectivity index (χ3n) is 1.96. The molecule has 0 aromatic heterocycles. The van der Waals surface area contributed by atoms with Crippen molar-refractivity contribution in [3.05, 3.63) is 0 Å². The number of ether oxygens (including phenoxy) is 1. The van der Waals surface area contributed by atoms with Crippen molar-refractivity contribution < 1.29 is 19.1 Å². The Morgan fingerprint density at radius 2 is 1.94 bits per heavy atom. The molecule has 0 spiro atoms. The number of carbonyl (C=O) groups excluding carboxylic acids is 3. The minimum Gasteiger partial charge on any atom is -0.464 e. The van der Waals surface area contributed by atoms with E-state index < -0.39 is 17.9 Å². The molecule has 0 fully saturated rings. The van der Waals surface area contributed by atoms with E-state index in [-0.39, 0.29) is 25.5 Å². The molecular weight excluding hydrogens is 226 g/mol. The fourth-order valence-corrected chi connectivity index (χ4v) is 0.965. The number of amides is 2. The van der Waals surface area contributed by atoms with Crippen LogP contribution in [0, 0.1) is 0 Å². The summed E-state index contributed by atoms with van der Waals surface area (Å²) in [6, 6.07) is -1.34. The van der Waals surface area contributed by atoms with Crippen LogP contribution in [0.25, 0.3) is 0 Å². The van der Waals surface area contributed by atoms with Crippen LogP contribution in [-0.4, -0.2) is 56.0 Å². The van der Waals surface area contributed by atoms with Crippen molar-refractivity contribution in [1.29, 1.82) is 0 Å². The summed E-state index contributed by atoms with van der Waals surface area (Å²) in [7, 11) is 3.24. The Morgan fingerprint density at radius 1 is 1.35 bits per heavy atom. The van der Waals surface area contributed by atoms with Gasteiger partial charge in [-0.15, -0.1) is 0 Å². The number of esters is 1. The van der Waals surface area contributed by atoms with Gasteiger partial charge in [0.05, 0.1) is 6.61 Å². The molecule has 0 aliphatic carbocycles. The van der Waals surface area contributed by atoms with E-state index in [1.807, 2.05) is 0 Å². The number of nitrogens with one attached hydrogen (secondary N) is 1. The van der Waals surface area contributed by atoms with Crippen LogP contribution < -0.4 is 11.1 Å². The lowest BCUT2D eigenvalue weighted by Crippen LogP contribution is -2.47. The summed E-state index contributed by atoms with van der Waals surface area (Å²) in [6.07, 6.45) is 0.161. The van der Waals surface area contributed by atoms with Gasteiger partial charge in [-0.3, -0.25) is 9.59 Å². The van der Waals surface area contributed by atoms with Crippen molar-refractivity contribution >= 4 is 17.8 Å². The van der Waals surface area contributed by atoms with Crippen LogP contribution in [0.1, 0.15) is 13.3 Å². The Bertz CT molecular complexity index is 291. The predicted molar refractivity (Wildman–Crippen MR) is 60.9 cm³/mol. The Labute approximate surface area is 100 Å². The van der Waals surface area contributed by atoms with E-state index in [4.69, 9.17) is 5.73 Å².